The van der Waals surface area contributed by atoms with Gasteiger partial charge in [-0.1, -0.05) is 34.1 Å². The second-order valence-electron chi connectivity index (χ2n) is 11.5. The number of aromatic nitrogens is 1. The van der Waals surface area contributed by atoms with Crippen LogP contribution in [0.5, 0.6) is 0 Å². The number of aliphatic hydroxyl groups is 2. The van der Waals surface area contributed by atoms with Crippen molar-refractivity contribution in [3.05, 3.63) is 21.7 Å². The van der Waals surface area contributed by atoms with Crippen LogP contribution in [-0.4, -0.2) is 56.8 Å². The van der Waals surface area contributed by atoms with E-state index < -0.39 is 35.6 Å². The summed E-state index contributed by atoms with van der Waals surface area (Å²) in [6, 6.07) is 0.204. The van der Waals surface area contributed by atoms with Gasteiger partial charge < -0.3 is 20.3 Å². The third-order valence-corrected chi connectivity index (χ3v) is 8.92. The third kappa shape index (κ3) is 6.59. The molecule has 1 aromatic heterocycles. The molecule has 0 spiro atoms. The van der Waals surface area contributed by atoms with Crippen LogP contribution in [0.1, 0.15) is 84.3 Å². The number of esters is 1. The Morgan fingerprint density at radius 2 is 1.94 bits per heavy atom. The van der Waals surface area contributed by atoms with E-state index in [1.807, 2.05) is 32.2 Å². The van der Waals surface area contributed by atoms with Gasteiger partial charge in [-0.25, -0.2) is 4.98 Å². The fourth-order valence-electron chi connectivity index (χ4n) is 5.22. The molecular formula is C27H42N2O5S. The second-order valence-corrected chi connectivity index (χ2v) is 12.5. The van der Waals surface area contributed by atoms with E-state index in [-0.39, 0.29) is 29.7 Å². The molecule has 8 heteroatoms. The second kappa shape index (κ2) is 10.8. The molecule has 2 aliphatic rings. The third-order valence-electron chi connectivity index (χ3n) is 8.13. The number of hydrogen-bond donors (Lipinski definition) is 3. The molecule has 2 aliphatic heterocycles. The molecule has 0 aliphatic carbocycles. The normalized spacial score (nSPS) is 37.5. The van der Waals surface area contributed by atoms with E-state index in [1.54, 1.807) is 32.1 Å². The standard InChI is InChI=1S/C27H42N2O5S/c1-15-9-8-10-27(7)21(29-27)12-20(16(2)11-19-14-35-18(4)28-19)34-23(31)13-22(30)26(5,6)25(33)17(3)24(15)32/h11,14-15,17,20-22,24,29-30,32H,8-10,12-13H2,1-7H3/b16-11+/t15-,17+,20-,21-,22-,24?,27+/m0/s1. The Balaban J connectivity index is 1.85. The summed E-state index contributed by atoms with van der Waals surface area (Å²) in [5, 5.41) is 28.2. The van der Waals surface area contributed by atoms with Crippen molar-refractivity contribution >= 4 is 29.2 Å². The van der Waals surface area contributed by atoms with Gasteiger partial charge in [0.1, 0.15) is 11.9 Å². The maximum Gasteiger partial charge on any atom is 0.309 e. The Labute approximate surface area is 213 Å². The van der Waals surface area contributed by atoms with Gasteiger partial charge in [0, 0.05) is 29.3 Å². The van der Waals surface area contributed by atoms with Crippen LogP contribution in [0.25, 0.3) is 6.08 Å². The molecule has 1 aromatic rings. The van der Waals surface area contributed by atoms with Gasteiger partial charge in [-0.05, 0) is 51.2 Å². The van der Waals surface area contributed by atoms with E-state index in [2.05, 4.69) is 17.2 Å². The van der Waals surface area contributed by atoms with Gasteiger partial charge in [-0.3, -0.25) is 9.59 Å². The van der Waals surface area contributed by atoms with Gasteiger partial charge in [0.2, 0.25) is 0 Å². The lowest BCUT2D eigenvalue weighted by atomic mass is 9.73. The number of thiazole rings is 1. The minimum absolute atomic E-state index is 0.0416. The van der Waals surface area contributed by atoms with Crippen molar-refractivity contribution in [1.29, 1.82) is 0 Å². The molecule has 7 nitrogen and oxygen atoms in total. The zero-order valence-electron chi connectivity index (χ0n) is 22.1. The van der Waals surface area contributed by atoms with Crippen LogP contribution >= 0.6 is 11.3 Å². The number of ketones is 1. The number of rotatable bonds is 2. The first-order valence-electron chi connectivity index (χ1n) is 12.7. The van der Waals surface area contributed by atoms with Crippen molar-refractivity contribution in [3.8, 4) is 0 Å². The molecule has 2 saturated heterocycles. The summed E-state index contributed by atoms with van der Waals surface area (Å²) < 4.78 is 5.91. The maximum absolute atomic E-state index is 13.2. The summed E-state index contributed by atoms with van der Waals surface area (Å²) in [4.78, 5) is 30.7. The number of cyclic esters (lactones) is 1. The summed E-state index contributed by atoms with van der Waals surface area (Å²) in [6.45, 7) is 13.0. The Kier molecular flexibility index (Phi) is 8.62. The SMILES string of the molecule is C/C(=C\c1csc(C)n1)[C@@H]1C[C@@H]2N[C@]2(C)CCC[C@H](C)C(O)[C@@H](C)C(=O)C(C)(C)[C@@H](O)CC(=O)O1. The summed E-state index contributed by atoms with van der Waals surface area (Å²) in [7, 11) is 0. The van der Waals surface area contributed by atoms with Gasteiger partial charge in [-0.15, -0.1) is 11.3 Å². The highest BCUT2D eigenvalue weighted by Crippen LogP contribution is 2.38. The van der Waals surface area contributed by atoms with E-state index >= 15 is 0 Å². The smallest absolute Gasteiger partial charge is 0.309 e. The number of carbonyl (C=O) groups is 2. The number of aliphatic hydroxyl groups excluding tert-OH is 2. The first-order valence-corrected chi connectivity index (χ1v) is 13.6. The first kappa shape index (κ1) is 28.0. The molecule has 3 heterocycles. The largest absolute Gasteiger partial charge is 0.458 e. The Hall–Kier alpha value is -1.61. The predicted octanol–water partition coefficient (Wildman–Crippen LogP) is 4.05. The molecule has 2 fully saturated rings. The van der Waals surface area contributed by atoms with Crippen LogP contribution < -0.4 is 5.32 Å². The molecule has 35 heavy (non-hydrogen) atoms. The number of aryl methyl sites for hydroxylation is 1. The molecule has 0 bridgehead atoms. The highest BCUT2D eigenvalue weighted by atomic mass is 32.1. The highest BCUT2D eigenvalue weighted by molar-refractivity contribution is 7.09. The van der Waals surface area contributed by atoms with Crippen molar-refractivity contribution in [3.63, 3.8) is 0 Å². The molecule has 0 saturated carbocycles. The van der Waals surface area contributed by atoms with Crippen LogP contribution in [-0.2, 0) is 14.3 Å². The van der Waals surface area contributed by atoms with Gasteiger partial charge in [0.15, 0.2) is 0 Å². The van der Waals surface area contributed by atoms with E-state index in [9.17, 15) is 19.8 Å². The quantitative estimate of drug-likeness (QED) is 0.409. The molecule has 3 N–H and O–H groups in total. The number of nitrogens with zero attached hydrogens (tertiary/aromatic N) is 1. The predicted molar refractivity (Wildman–Crippen MR) is 138 cm³/mol. The fraction of sp³-hybridized carbons (Fsp3) is 0.741. The van der Waals surface area contributed by atoms with E-state index in [1.165, 1.54) is 0 Å². The lowest BCUT2D eigenvalue weighted by molar-refractivity contribution is -0.154. The first-order chi connectivity index (χ1) is 16.2. The Bertz CT molecular complexity index is 957. The van der Waals surface area contributed by atoms with Crippen molar-refractivity contribution in [2.45, 2.75) is 110 Å². The number of hydrogen-bond acceptors (Lipinski definition) is 8. The Morgan fingerprint density at radius 3 is 2.57 bits per heavy atom. The molecule has 196 valence electrons. The maximum atomic E-state index is 13.2. The number of carbonyl (C=O) groups excluding carboxylic acids is 2. The van der Waals surface area contributed by atoms with Crippen molar-refractivity contribution in [2.24, 2.45) is 17.3 Å². The lowest BCUT2D eigenvalue weighted by Gasteiger charge is -2.34. The number of fused-ring (bicyclic) bond motifs is 1. The topological polar surface area (TPSA) is 119 Å². The lowest BCUT2D eigenvalue weighted by Crippen LogP contribution is -2.45. The molecule has 3 rings (SSSR count). The monoisotopic (exact) mass is 506 g/mol. The van der Waals surface area contributed by atoms with Crippen LogP contribution in [0, 0.1) is 24.2 Å². The van der Waals surface area contributed by atoms with E-state index in [0.29, 0.717) is 6.42 Å². The van der Waals surface area contributed by atoms with Gasteiger partial charge in [0.25, 0.3) is 0 Å². The molecule has 1 unspecified atom stereocenters. The summed E-state index contributed by atoms with van der Waals surface area (Å²) >= 11 is 1.57. The zero-order chi connectivity index (χ0) is 26.1. The summed E-state index contributed by atoms with van der Waals surface area (Å²) in [5.41, 5.74) is 0.502. The fourth-order valence-corrected chi connectivity index (χ4v) is 5.79. The minimum atomic E-state index is -1.21. The van der Waals surface area contributed by atoms with Crippen molar-refractivity contribution in [1.82, 2.24) is 10.3 Å². The summed E-state index contributed by atoms with van der Waals surface area (Å²) in [5.74, 6) is -1.46. The number of Topliss-reactive ketones (excluding diaryl/α,β-unsaturated/α-hetero) is 1. The van der Waals surface area contributed by atoms with Gasteiger partial charge in [0.05, 0.1) is 34.7 Å². The average Bonchev–Trinajstić information content (AvgIpc) is 3.22. The molecule has 0 radical (unpaired) electrons. The van der Waals surface area contributed by atoms with Gasteiger partial charge >= 0.3 is 5.97 Å². The molecule has 0 amide bonds. The molecule has 7 atom stereocenters. The van der Waals surface area contributed by atoms with Gasteiger partial charge in [-0.2, -0.15) is 0 Å². The summed E-state index contributed by atoms with van der Waals surface area (Å²) in [6.07, 6.45) is 2.50. The number of nitrogens with one attached hydrogen (secondary N) is 1. The molecular weight excluding hydrogens is 464 g/mol. The van der Waals surface area contributed by atoms with Crippen LogP contribution in [0.3, 0.4) is 0 Å². The van der Waals surface area contributed by atoms with E-state index in [4.69, 9.17) is 4.74 Å². The zero-order valence-corrected chi connectivity index (χ0v) is 22.9. The van der Waals surface area contributed by atoms with E-state index in [0.717, 1.165) is 35.5 Å². The average molecular weight is 507 g/mol. The number of ether oxygens (including phenoxy) is 1. The van der Waals surface area contributed by atoms with Crippen LogP contribution in [0.15, 0.2) is 11.0 Å². The Morgan fingerprint density at radius 1 is 1.26 bits per heavy atom. The molecule has 0 aromatic carbocycles. The van der Waals surface area contributed by atoms with Crippen LogP contribution in [0.4, 0.5) is 0 Å². The highest BCUT2D eigenvalue weighted by Gasteiger charge is 2.50. The minimum Gasteiger partial charge on any atom is -0.458 e. The van der Waals surface area contributed by atoms with Crippen LogP contribution in [0.2, 0.25) is 0 Å². The van der Waals surface area contributed by atoms with Crippen molar-refractivity contribution < 1.29 is 24.5 Å². The van der Waals surface area contributed by atoms with Crippen molar-refractivity contribution in [2.75, 3.05) is 0 Å².